The third kappa shape index (κ3) is 5.40. The lowest BCUT2D eigenvalue weighted by atomic mass is 10.00. The highest BCUT2D eigenvalue weighted by molar-refractivity contribution is 5.86. The van der Waals surface area contributed by atoms with Crippen molar-refractivity contribution in [1.29, 1.82) is 0 Å². The van der Waals surface area contributed by atoms with Crippen LogP contribution < -0.4 is 11.1 Å². The molecule has 1 amide bonds. The van der Waals surface area contributed by atoms with E-state index in [1.807, 2.05) is 0 Å². The van der Waals surface area contributed by atoms with E-state index in [1.165, 1.54) is 25.7 Å². The summed E-state index contributed by atoms with van der Waals surface area (Å²) in [6, 6.07) is 1.13. The molecule has 0 aromatic heterocycles. The van der Waals surface area contributed by atoms with Crippen molar-refractivity contribution in [1.82, 2.24) is 10.2 Å². The predicted octanol–water partition coefficient (Wildman–Crippen LogP) is 2.09. The molecule has 1 saturated heterocycles. The summed E-state index contributed by atoms with van der Waals surface area (Å²) in [6.07, 6.45) is 7.65. The summed E-state index contributed by atoms with van der Waals surface area (Å²) in [5.74, 6) is -0.0261. The summed E-state index contributed by atoms with van der Waals surface area (Å²) in [5.41, 5.74) is 5.04. The smallest absolute Gasteiger partial charge is 0.239 e. The first-order valence-corrected chi connectivity index (χ1v) is 7.31. The standard InChI is InChI=1S/C14H27N3O.2ClH/c1-14(2,15)13(18)16-11-7-9-17(10-8-11)12-5-3-4-6-12;;/h11-12H,3-10,15H2,1-2H3,(H,16,18);2*1H. The van der Waals surface area contributed by atoms with Crippen LogP contribution in [0.25, 0.3) is 0 Å². The van der Waals surface area contributed by atoms with Crippen LogP contribution in [-0.4, -0.2) is 41.5 Å². The average molecular weight is 326 g/mol. The van der Waals surface area contributed by atoms with Gasteiger partial charge in [-0.05, 0) is 39.5 Å². The summed E-state index contributed by atoms with van der Waals surface area (Å²) >= 11 is 0. The minimum Gasteiger partial charge on any atom is -0.352 e. The minimum absolute atomic E-state index is 0. The number of amides is 1. The molecule has 0 radical (unpaired) electrons. The van der Waals surface area contributed by atoms with Gasteiger partial charge in [0.25, 0.3) is 0 Å². The van der Waals surface area contributed by atoms with Gasteiger partial charge >= 0.3 is 0 Å². The molecule has 2 fully saturated rings. The van der Waals surface area contributed by atoms with Crippen molar-refractivity contribution in [2.75, 3.05) is 13.1 Å². The van der Waals surface area contributed by atoms with Crippen molar-refractivity contribution in [3.8, 4) is 0 Å². The molecule has 0 aromatic carbocycles. The quantitative estimate of drug-likeness (QED) is 0.835. The zero-order chi connectivity index (χ0) is 13.2. The van der Waals surface area contributed by atoms with Gasteiger partial charge in [-0.15, -0.1) is 24.8 Å². The number of likely N-dealkylation sites (tertiary alicyclic amines) is 1. The van der Waals surface area contributed by atoms with E-state index < -0.39 is 5.54 Å². The van der Waals surface area contributed by atoms with Gasteiger partial charge in [-0.3, -0.25) is 4.79 Å². The Labute approximate surface area is 135 Å². The highest BCUT2D eigenvalue weighted by atomic mass is 35.5. The van der Waals surface area contributed by atoms with Crippen molar-refractivity contribution in [2.24, 2.45) is 5.73 Å². The number of nitrogens with two attached hydrogens (primary N) is 1. The normalized spacial score (nSPS) is 21.9. The maximum atomic E-state index is 11.8. The van der Waals surface area contributed by atoms with Gasteiger partial charge in [-0.1, -0.05) is 12.8 Å². The second-order valence-corrected chi connectivity index (χ2v) is 6.44. The fraction of sp³-hybridized carbons (Fsp3) is 0.929. The summed E-state index contributed by atoms with van der Waals surface area (Å²) in [5, 5.41) is 3.08. The Hall–Kier alpha value is -0.0300. The number of piperidine rings is 1. The number of nitrogens with zero attached hydrogens (tertiary/aromatic N) is 1. The molecule has 20 heavy (non-hydrogen) atoms. The molecule has 0 aromatic rings. The van der Waals surface area contributed by atoms with E-state index in [0.717, 1.165) is 32.0 Å². The van der Waals surface area contributed by atoms with Crippen molar-refractivity contribution >= 4 is 30.7 Å². The van der Waals surface area contributed by atoms with E-state index in [9.17, 15) is 4.79 Å². The Morgan fingerprint density at radius 1 is 1.10 bits per heavy atom. The van der Waals surface area contributed by atoms with Gasteiger partial charge in [0.05, 0.1) is 5.54 Å². The van der Waals surface area contributed by atoms with E-state index in [-0.39, 0.29) is 30.7 Å². The van der Waals surface area contributed by atoms with E-state index in [0.29, 0.717) is 6.04 Å². The van der Waals surface area contributed by atoms with Gasteiger partial charge in [0.2, 0.25) is 5.91 Å². The lowest BCUT2D eigenvalue weighted by Gasteiger charge is -2.37. The summed E-state index contributed by atoms with van der Waals surface area (Å²) in [6.45, 7) is 5.77. The zero-order valence-electron chi connectivity index (χ0n) is 12.6. The number of carbonyl (C=O) groups excluding carboxylic acids is 1. The van der Waals surface area contributed by atoms with E-state index >= 15 is 0 Å². The van der Waals surface area contributed by atoms with E-state index in [2.05, 4.69) is 10.2 Å². The Balaban J connectivity index is 0.00000180. The minimum atomic E-state index is -0.761. The molecule has 0 bridgehead atoms. The van der Waals surface area contributed by atoms with Crippen LogP contribution in [0.1, 0.15) is 52.4 Å². The lowest BCUT2D eigenvalue weighted by Crippen LogP contribution is -2.54. The van der Waals surface area contributed by atoms with Crippen molar-refractivity contribution in [3.63, 3.8) is 0 Å². The van der Waals surface area contributed by atoms with Crippen LogP contribution in [0.2, 0.25) is 0 Å². The first kappa shape index (κ1) is 20.0. The number of nitrogens with one attached hydrogen (secondary N) is 1. The Morgan fingerprint density at radius 3 is 2.05 bits per heavy atom. The fourth-order valence-corrected chi connectivity index (χ4v) is 3.05. The van der Waals surface area contributed by atoms with Gasteiger partial charge in [-0.2, -0.15) is 0 Å². The van der Waals surface area contributed by atoms with Gasteiger partial charge in [-0.25, -0.2) is 0 Å². The molecule has 2 rings (SSSR count). The number of rotatable bonds is 3. The molecule has 0 spiro atoms. The van der Waals surface area contributed by atoms with Crippen molar-refractivity contribution in [2.45, 2.75) is 70.0 Å². The van der Waals surface area contributed by atoms with Crippen LogP contribution in [0.15, 0.2) is 0 Å². The molecule has 1 heterocycles. The van der Waals surface area contributed by atoms with Gasteiger partial charge in [0.1, 0.15) is 0 Å². The predicted molar refractivity (Wildman–Crippen MR) is 87.8 cm³/mol. The van der Waals surface area contributed by atoms with Crippen LogP contribution in [0, 0.1) is 0 Å². The SMILES string of the molecule is CC(C)(N)C(=O)NC1CCN(C2CCCC2)CC1.Cl.Cl. The van der Waals surface area contributed by atoms with Crippen LogP contribution in [0.5, 0.6) is 0 Å². The first-order valence-electron chi connectivity index (χ1n) is 7.31. The van der Waals surface area contributed by atoms with Crippen molar-refractivity contribution in [3.05, 3.63) is 0 Å². The van der Waals surface area contributed by atoms with Gasteiger partial charge in [0, 0.05) is 25.2 Å². The Bertz CT molecular complexity index is 293. The first-order chi connectivity index (χ1) is 8.47. The van der Waals surface area contributed by atoms with Crippen LogP contribution in [-0.2, 0) is 4.79 Å². The molecule has 6 heteroatoms. The Kier molecular flexibility index (Phi) is 8.41. The molecule has 1 aliphatic carbocycles. The zero-order valence-corrected chi connectivity index (χ0v) is 14.2. The van der Waals surface area contributed by atoms with Crippen LogP contribution >= 0.6 is 24.8 Å². The van der Waals surface area contributed by atoms with E-state index in [1.54, 1.807) is 13.8 Å². The summed E-state index contributed by atoms with van der Waals surface area (Å²) in [7, 11) is 0. The maximum Gasteiger partial charge on any atom is 0.239 e. The number of hydrogen-bond donors (Lipinski definition) is 2. The molecule has 3 N–H and O–H groups in total. The van der Waals surface area contributed by atoms with Crippen LogP contribution in [0.4, 0.5) is 0 Å². The van der Waals surface area contributed by atoms with E-state index in [4.69, 9.17) is 5.73 Å². The molecule has 1 aliphatic heterocycles. The molecule has 0 atom stereocenters. The molecular formula is C14H29Cl2N3O. The lowest BCUT2D eigenvalue weighted by molar-refractivity contribution is -0.126. The highest BCUT2D eigenvalue weighted by Crippen LogP contribution is 2.26. The maximum absolute atomic E-state index is 11.8. The highest BCUT2D eigenvalue weighted by Gasteiger charge is 2.29. The fourth-order valence-electron chi connectivity index (χ4n) is 3.05. The molecule has 4 nitrogen and oxygen atoms in total. The van der Waals surface area contributed by atoms with Crippen LogP contribution in [0.3, 0.4) is 0 Å². The average Bonchev–Trinajstić information content (AvgIpc) is 2.82. The molecule has 2 aliphatic rings. The second-order valence-electron chi connectivity index (χ2n) is 6.44. The van der Waals surface area contributed by atoms with Crippen molar-refractivity contribution < 1.29 is 4.79 Å². The third-order valence-corrected chi connectivity index (χ3v) is 4.29. The molecular weight excluding hydrogens is 297 g/mol. The largest absolute Gasteiger partial charge is 0.352 e. The number of hydrogen-bond acceptors (Lipinski definition) is 3. The summed E-state index contributed by atoms with van der Waals surface area (Å²) in [4.78, 5) is 14.4. The number of halogens is 2. The molecule has 0 unspecified atom stereocenters. The van der Waals surface area contributed by atoms with Gasteiger partial charge in [0.15, 0.2) is 0 Å². The molecule has 120 valence electrons. The monoisotopic (exact) mass is 325 g/mol. The summed E-state index contributed by atoms with van der Waals surface area (Å²) < 4.78 is 0. The molecule has 1 saturated carbocycles. The topological polar surface area (TPSA) is 58.4 Å². The number of carbonyl (C=O) groups is 1. The third-order valence-electron chi connectivity index (χ3n) is 4.29. The Morgan fingerprint density at radius 2 is 1.60 bits per heavy atom. The second kappa shape index (κ2) is 8.42. The van der Waals surface area contributed by atoms with Gasteiger partial charge < -0.3 is 16.0 Å².